The molecule has 0 spiro atoms. The number of thiazole rings is 1. The summed E-state index contributed by atoms with van der Waals surface area (Å²) < 4.78 is 0. The van der Waals surface area contributed by atoms with Gasteiger partial charge in [0.1, 0.15) is 0 Å². The lowest BCUT2D eigenvalue weighted by atomic mass is 10.1. The first-order valence-corrected chi connectivity index (χ1v) is 8.00. The van der Waals surface area contributed by atoms with Crippen molar-refractivity contribution in [3.05, 3.63) is 51.5 Å². The number of carboxylic acid groups (broad SMARTS) is 1. The van der Waals surface area contributed by atoms with Crippen LogP contribution in [0.3, 0.4) is 0 Å². The van der Waals surface area contributed by atoms with Crippen molar-refractivity contribution in [2.45, 2.75) is 25.8 Å². The molecule has 0 bridgehead atoms. The molecule has 6 heteroatoms. The van der Waals surface area contributed by atoms with E-state index in [1.165, 1.54) is 12.1 Å². The first kappa shape index (κ1) is 14.7. The van der Waals surface area contributed by atoms with Crippen molar-refractivity contribution in [3.8, 4) is 0 Å². The van der Waals surface area contributed by atoms with Crippen LogP contribution in [0.25, 0.3) is 0 Å². The highest BCUT2D eigenvalue weighted by Crippen LogP contribution is 2.33. The van der Waals surface area contributed by atoms with Crippen molar-refractivity contribution in [3.63, 3.8) is 0 Å². The van der Waals surface area contributed by atoms with Gasteiger partial charge in [0.25, 0.3) is 5.91 Å². The van der Waals surface area contributed by atoms with Crippen LogP contribution in [0.5, 0.6) is 0 Å². The summed E-state index contributed by atoms with van der Waals surface area (Å²) in [6, 6.07) is 6.19. The van der Waals surface area contributed by atoms with Gasteiger partial charge in [0.05, 0.1) is 22.3 Å². The zero-order chi connectivity index (χ0) is 15.7. The molecule has 1 aliphatic heterocycles. The number of aryl methyl sites for hydroxylation is 1. The minimum Gasteiger partial charge on any atom is -0.478 e. The Morgan fingerprint density at radius 2 is 2.14 bits per heavy atom. The number of nitrogens with zero attached hydrogens (tertiary/aromatic N) is 2. The maximum atomic E-state index is 12.7. The van der Waals surface area contributed by atoms with E-state index in [9.17, 15) is 9.59 Å². The molecule has 1 atom stereocenters. The monoisotopic (exact) mass is 316 g/mol. The average molecular weight is 316 g/mol. The molecule has 1 unspecified atom stereocenters. The van der Waals surface area contributed by atoms with Crippen LogP contribution in [0.15, 0.2) is 29.6 Å². The molecule has 2 aromatic rings. The summed E-state index contributed by atoms with van der Waals surface area (Å²) in [5, 5.41) is 12.0. The molecule has 5 nitrogen and oxygen atoms in total. The van der Waals surface area contributed by atoms with Gasteiger partial charge >= 0.3 is 5.97 Å². The maximum Gasteiger partial charge on any atom is 0.335 e. The lowest BCUT2D eigenvalue weighted by Crippen LogP contribution is -2.30. The van der Waals surface area contributed by atoms with Gasteiger partial charge in [-0.05, 0) is 38.0 Å². The summed E-state index contributed by atoms with van der Waals surface area (Å²) in [7, 11) is 0. The lowest BCUT2D eigenvalue weighted by Gasteiger charge is -2.23. The molecular formula is C16H16N2O3S. The summed E-state index contributed by atoms with van der Waals surface area (Å²) in [6.07, 6.45) is 1.83. The van der Waals surface area contributed by atoms with E-state index in [2.05, 4.69) is 4.98 Å². The first-order chi connectivity index (χ1) is 10.6. The highest BCUT2D eigenvalue weighted by Gasteiger charge is 2.32. The van der Waals surface area contributed by atoms with Gasteiger partial charge in [0, 0.05) is 17.5 Å². The molecule has 1 aromatic heterocycles. The van der Waals surface area contributed by atoms with Gasteiger partial charge in [0.2, 0.25) is 0 Å². The smallest absolute Gasteiger partial charge is 0.335 e. The number of hydrogen-bond acceptors (Lipinski definition) is 4. The largest absolute Gasteiger partial charge is 0.478 e. The van der Waals surface area contributed by atoms with Crippen LogP contribution >= 0.6 is 11.3 Å². The predicted molar refractivity (Wildman–Crippen MR) is 83.3 cm³/mol. The molecule has 1 fully saturated rings. The highest BCUT2D eigenvalue weighted by atomic mass is 32.1. The van der Waals surface area contributed by atoms with Crippen LogP contribution in [0.1, 0.15) is 50.3 Å². The quantitative estimate of drug-likeness (QED) is 0.944. The van der Waals surface area contributed by atoms with E-state index in [1.54, 1.807) is 28.4 Å². The number of carboxylic acids is 1. The Hall–Kier alpha value is -2.21. The summed E-state index contributed by atoms with van der Waals surface area (Å²) in [5.74, 6) is -1.15. The van der Waals surface area contributed by atoms with Crippen LogP contribution in [0.4, 0.5) is 0 Å². The van der Waals surface area contributed by atoms with Crippen molar-refractivity contribution in [2.24, 2.45) is 0 Å². The number of aromatic carboxylic acids is 1. The molecule has 1 N–H and O–H groups in total. The van der Waals surface area contributed by atoms with Gasteiger partial charge in [-0.1, -0.05) is 6.07 Å². The first-order valence-electron chi connectivity index (χ1n) is 7.12. The third-order valence-corrected chi connectivity index (χ3v) is 4.64. The number of carbonyl (C=O) groups excluding carboxylic acids is 1. The molecule has 0 saturated carbocycles. The van der Waals surface area contributed by atoms with Gasteiger partial charge in [-0.25, -0.2) is 9.78 Å². The van der Waals surface area contributed by atoms with Crippen molar-refractivity contribution in [2.75, 3.05) is 6.54 Å². The van der Waals surface area contributed by atoms with Gasteiger partial charge in [-0.2, -0.15) is 0 Å². The molecule has 1 saturated heterocycles. The second kappa shape index (κ2) is 5.88. The van der Waals surface area contributed by atoms with Crippen LogP contribution in [0.2, 0.25) is 0 Å². The zero-order valence-electron chi connectivity index (χ0n) is 12.2. The fourth-order valence-corrected chi connectivity index (χ4v) is 3.46. The molecular weight excluding hydrogens is 300 g/mol. The van der Waals surface area contributed by atoms with Crippen molar-refractivity contribution in [1.29, 1.82) is 0 Å². The summed E-state index contributed by atoms with van der Waals surface area (Å²) >= 11 is 1.58. The van der Waals surface area contributed by atoms with Crippen molar-refractivity contribution >= 4 is 23.2 Å². The zero-order valence-corrected chi connectivity index (χ0v) is 13.0. The van der Waals surface area contributed by atoms with Gasteiger partial charge in [0.15, 0.2) is 0 Å². The topological polar surface area (TPSA) is 70.5 Å². The highest BCUT2D eigenvalue weighted by molar-refractivity contribution is 7.09. The Bertz CT molecular complexity index is 726. The van der Waals surface area contributed by atoms with E-state index in [0.29, 0.717) is 12.1 Å². The van der Waals surface area contributed by atoms with Gasteiger partial charge in [-0.15, -0.1) is 11.3 Å². The molecule has 0 radical (unpaired) electrons. The van der Waals surface area contributed by atoms with E-state index in [4.69, 9.17) is 5.11 Å². The molecule has 3 rings (SSSR count). The second-order valence-corrected chi connectivity index (χ2v) is 6.40. The third-order valence-electron chi connectivity index (χ3n) is 3.85. The van der Waals surface area contributed by atoms with E-state index in [-0.39, 0.29) is 17.5 Å². The Morgan fingerprint density at radius 3 is 2.82 bits per heavy atom. The molecule has 0 aliphatic carbocycles. The maximum absolute atomic E-state index is 12.7. The fraction of sp³-hybridized carbons (Fsp3) is 0.312. The summed E-state index contributed by atoms with van der Waals surface area (Å²) in [6.45, 7) is 2.63. The van der Waals surface area contributed by atoms with Crippen LogP contribution in [-0.2, 0) is 0 Å². The number of likely N-dealkylation sites (tertiary alicyclic amines) is 1. The Labute approximate surface area is 132 Å². The van der Waals surface area contributed by atoms with Crippen molar-refractivity contribution < 1.29 is 14.7 Å². The standard InChI is InChI=1S/C16H16N2O3S/c1-10-17-13(9-22-10)14-6-3-7-18(14)15(19)11-4-2-5-12(8-11)16(20)21/h2,4-5,8-9,14H,3,6-7H2,1H3,(H,20,21). The number of rotatable bonds is 3. The normalized spacial score (nSPS) is 17.7. The van der Waals surface area contributed by atoms with Crippen LogP contribution in [-0.4, -0.2) is 33.4 Å². The van der Waals surface area contributed by atoms with Crippen LogP contribution < -0.4 is 0 Å². The average Bonchev–Trinajstić information content (AvgIpc) is 3.15. The Balaban J connectivity index is 1.87. The number of benzene rings is 1. The molecule has 114 valence electrons. The van der Waals surface area contributed by atoms with Gasteiger partial charge in [-0.3, -0.25) is 4.79 Å². The molecule has 1 amide bonds. The SMILES string of the molecule is Cc1nc(C2CCCN2C(=O)c2cccc(C(=O)O)c2)cs1. The second-order valence-electron chi connectivity index (χ2n) is 5.33. The molecule has 22 heavy (non-hydrogen) atoms. The molecule has 1 aromatic carbocycles. The predicted octanol–water partition coefficient (Wildman–Crippen LogP) is 3.13. The van der Waals surface area contributed by atoms with Crippen LogP contribution in [0, 0.1) is 6.92 Å². The molecule has 1 aliphatic rings. The Kier molecular flexibility index (Phi) is 3.94. The number of carbonyl (C=O) groups is 2. The number of hydrogen-bond donors (Lipinski definition) is 1. The van der Waals surface area contributed by atoms with E-state index < -0.39 is 5.97 Å². The number of amides is 1. The summed E-state index contributed by atoms with van der Waals surface area (Å²) in [4.78, 5) is 30.1. The third kappa shape index (κ3) is 2.74. The van der Waals surface area contributed by atoms with E-state index in [0.717, 1.165) is 23.5 Å². The van der Waals surface area contributed by atoms with E-state index in [1.807, 2.05) is 12.3 Å². The minimum absolute atomic E-state index is 0.00839. The van der Waals surface area contributed by atoms with Crippen molar-refractivity contribution in [1.82, 2.24) is 9.88 Å². The lowest BCUT2D eigenvalue weighted by molar-refractivity contribution is 0.0697. The summed E-state index contributed by atoms with van der Waals surface area (Å²) in [5.41, 5.74) is 1.48. The minimum atomic E-state index is -1.03. The molecule has 2 heterocycles. The fourth-order valence-electron chi connectivity index (χ4n) is 2.80. The Morgan fingerprint density at radius 1 is 1.36 bits per heavy atom. The number of aromatic nitrogens is 1. The van der Waals surface area contributed by atoms with E-state index >= 15 is 0 Å². The van der Waals surface area contributed by atoms with Gasteiger partial charge < -0.3 is 10.0 Å².